The number of aryl methyl sites for hydroxylation is 2. The molecule has 3 aromatic heterocycles. The molecule has 0 aliphatic rings. The molecule has 10 heteroatoms. The first-order valence-corrected chi connectivity index (χ1v) is 10.3. The molecule has 9 nitrogen and oxygen atoms in total. The van der Waals surface area contributed by atoms with Gasteiger partial charge in [0.05, 0.1) is 31.0 Å². The third kappa shape index (κ3) is 3.16. The van der Waals surface area contributed by atoms with Crippen molar-refractivity contribution in [1.82, 2.24) is 23.1 Å². The van der Waals surface area contributed by atoms with Crippen LogP contribution in [0.5, 0.6) is 5.75 Å². The number of ether oxygens (including phenoxy) is 2. The third-order valence-electron chi connectivity index (χ3n) is 5.58. The molecule has 0 bridgehead atoms. The number of fused-ring (bicyclic) bond motifs is 3. The number of imidazole rings is 2. The maximum Gasteiger partial charge on any atom is 0.332 e. The quantitative estimate of drug-likeness (QED) is 0.426. The number of halogens is 1. The van der Waals surface area contributed by atoms with E-state index < -0.39 is 11.2 Å². The molecule has 0 aliphatic carbocycles. The summed E-state index contributed by atoms with van der Waals surface area (Å²) in [4.78, 5) is 30.8. The Kier molecular flexibility index (Phi) is 5.40. The standard InChI is InChI=1S/C21H24ClN5O4/c1-6-31-10-9-25-19(28)17-18(24(4)21(25)29)23-20-26(12(2)13(3)27(17)20)14-7-8-16(30-5)15(22)11-14/h7-8,11H,6,9-10H2,1-5H3. The van der Waals surface area contributed by atoms with E-state index in [-0.39, 0.29) is 13.2 Å². The molecule has 0 saturated carbocycles. The van der Waals surface area contributed by atoms with Crippen LogP contribution in [0, 0.1) is 13.8 Å². The monoisotopic (exact) mass is 445 g/mol. The van der Waals surface area contributed by atoms with Crippen molar-refractivity contribution in [2.45, 2.75) is 27.3 Å². The predicted molar refractivity (Wildman–Crippen MR) is 119 cm³/mol. The highest BCUT2D eigenvalue weighted by Crippen LogP contribution is 2.30. The maximum atomic E-state index is 13.3. The minimum Gasteiger partial charge on any atom is -0.495 e. The van der Waals surface area contributed by atoms with Gasteiger partial charge in [0, 0.05) is 25.0 Å². The van der Waals surface area contributed by atoms with Gasteiger partial charge in [0.2, 0.25) is 5.78 Å². The first kappa shape index (κ1) is 21.2. The third-order valence-corrected chi connectivity index (χ3v) is 5.87. The normalized spacial score (nSPS) is 11.7. The lowest BCUT2D eigenvalue weighted by Crippen LogP contribution is -2.40. The van der Waals surface area contributed by atoms with Gasteiger partial charge in [-0.3, -0.25) is 22.9 Å². The van der Waals surface area contributed by atoms with Crippen molar-refractivity contribution in [2.75, 3.05) is 20.3 Å². The second-order valence-electron chi connectivity index (χ2n) is 7.24. The van der Waals surface area contributed by atoms with Gasteiger partial charge in [0.25, 0.3) is 5.56 Å². The highest BCUT2D eigenvalue weighted by Gasteiger charge is 2.23. The summed E-state index contributed by atoms with van der Waals surface area (Å²) in [6, 6.07) is 5.43. The molecule has 0 fully saturated rings. The summed E-state index contributed by atoms with van der Waals surface area (Å²) >= 11 is 6.34. The van der Waals surface area contributed by atoms with Crippen molar-refractivity contribution in [1.29, 1.82) is 0 Å². The molecule has 0 amide bonds. The van der Waals surface area contributed by atoms with Gasteiger partial charge >= 0.3 is 5.69 Å². The molecule has 0 unspecified atom stereocenters. The average Bonchev–Trinajstić information content (AvgIpc) is 3.24. The molecular formula is C21H24ClN5O4. The van der Waals surface area contributed by atoms with Gasteiger partial charge in [-0.25, -0.2) is 4.79 Å². The van der Waals surface area contributed by atoms with Crippen LogP contribution in [0.1, 0.15) is 18.3 Å². The second-order valence-corrected chi connectivity index (χ2v) is 7.65. The van der Waals surface area contributed by atoms with E-state index in [1.54, 1.807) is 30.7 Å². The highest BCUT2D eigenvalue weighted by atomic mass is 35.5. The molecule has 0 atom stereocenters. The maximum absolute atomic E-state index is 13.3. The summed E-state index contributed by atoms with van der Waals surface area (Å²) in [5.74, 6) is 1.09. The molecule has 4 rings (SSSR count). The second kappa shape index (κ2) is 7.90. The predicted octanol–water partition coefficient (Wildman–Crippen LogP) is 2.45. The minimum atomic E-state index is -0.425. The van der Waals surface area contributed by atoms with Crippen molar-refractivity contribution in [2.24, 2.45) is 7.05 Å². The molecule has 0 aliphatic heterocycles. The van der Waals surface area contributed by atoms with E-state index >= 15 is 0 Å². The van der Waals surface area contributed by atoms with Crippen molar-refractivity contribution in [3.05, 3.63) is 55.4 Å². The number of rotatable bonds is 6. The van der Waals surface area contributed by atoms with Crippen LogP contribution in [-0.2, 0) is 18.3 Å². The van der Waals surface area contributed by atoms with Crippen molar-refractivity contribution in [3.8, 4) is 11.4 Å². The Bertz CT molecular complexity index is 1430. The van der Waals surface area contributed by atoms with Gasteiger partial charge in [-0.1, -0.05) is 11.6 Å². The van der Waals surface area contributed by atoms with Crippen LogP contribution in [0.2, 0.25) is 5.02 Å². The summed E-state index contributed by atoms with van der Waals surface area (Å²) in [7, 11) is 3.17. The molecule has 1 aromatic carbocycles. The van der Waals surface area contributed by atoms with E-state index in [4.69, 9.17) is 21.1 Å². The largest absolute Gasteiger partial charge is 0.495 e. The van der Waals surface area contributed by atoms with Gasteiger partial charge in [0.15, 0.2) is 11.2 Å². The number of hydrogen-bond acceptors (Lipinski definition) is 5. The number of aromatic nitrogens is 5. The lowest BCUT2D eigenvalue weighted by Gasteiger charge is -2.09. The summed E-state index contributed by atoms with van der Waals surface area (Å²) in [5, 5.41) is 0.464. The van der Waals surface area contributed by atoms with E-state index in [0.717, 1.165) is 17.1 Å². The molecule has 164 valence electrons. The van der Waals surface area contributed by atoms with E-state index in [1.807, 2.05) is 31.4 Å². The molecule has 31 heavy (non-hydrogen) atoms. The average molecular weight is 446 g/mol. The lowest BCUT2D eigenvalue weighted by molar-refractivity contribution is 0.137. The van der Waals surface area contributed by atoms with Crippen LogP contribution >= 0.6 is 11.6 Å². The first-order chi connectivity index (χ1) is 14.8. The van der Waals surface area contributed by atoms with E-state index in [2.05, 4.69) is 4.98 Å². The molecular weight excluding hydrogens is 422 g/mol. The Morgan fingerprint density at radius 2 is 1.90 bits per heavy atom. The van der Waals surface area contributed by atoms with Crippen LogP contribution in [0.15, 0.2) is 27.8 Å². The summed E-state index contributed by atoms with van der Waals surface area (Å²) in [6.45, 7) is 6.70. The number of nitrogens with zero attached hydrogens (tertiary/aromatic N) is 5. The Labute approximate surface area is 183 Å². The van der Waals surface area contributed by atoms with Crippen LogP contribution in [0.4, 0.5) is 0 Å². The van der Waals surface area contributed by atoms with Crippen LogP contribution < -0.4 is 16.0 Å². The zero-order valence-corrected chi connectivity index (χ0v) is 18.9. The Morgan fingerprint density at radius 3 is 2.55 bits per heavy atom. The Hall–Kier alpha value is -3.04. The van der Waals surface area contributed by atoms with E-state index in [9.17, 15) is 9.59 Å². The number of hydrogen-bond donors (Lipinski definition) is 0. The van der Waals surface area contributed by atoms with Crippen molar-refractivity contribution < 1.29 is 9.47 Å². The Balaban J connectivity index is 2.04. The van der Waals surface area contributed by atoms with Crippen molar-refractivity contribution in [3.63, 3.8) is 0 Å². The molecule has 0 spiro atoms. The van der Waals surface area contributed by atoms with E-state index in [1.165, 1.54) is 9.13 Å². The molecule has 4 aromatic rings. The highest BCUT2D eigenvalue weighted by molar-refractivity contribution is 6.32. The smallest absolute Gasteiger partial charge is 0.332 e. The van der Waals surface area contributed by atoms with Gasteiger partial charge in [0.1, 0.15) is 5.75 Å². The van der Waals surface area contributed by atoms with Crippen LogP contribution in [0.3, 0.4) is 0 Å². The fourth-order valence-electron chi connectivity index (χ4n) is 3.85. The lowest BCUT2D eigenvalue weighted by atomic mass is 10.2. The number of methoxy groups -OCH3 is 1. The minimum absolute atomic E-state index is 0.176. The Morgan fingerprint density at radius 1 is 1.16 bits per heavy atom. The van der Waals surface area contributed by atoms with Gasteiger partial charge in [-0.2, -0.15) is 4.98 Å². The molecule has 0 saturated heterocycles. The summed E-state index contributed by atoms with van der Waals surface area (Å²) in [5.41, 5.74) is 2.39. The SMILES string of the molecule is CCOCCn1c(=O)c2c(nc3n(-c4ccc(OC)c(Cl)c4)c(C)c(C)n23)n(C)c1=O. The topological polar surface area (TPSA) is 84.7 Å². The summed E-state index contributed by atoms with van der Waals surface area (Å²) in [6.07, 6.45) is 0. The molecule has 0 N–H and O–H groups in total. The van der Waals surface area contributed by atoms with Gasteiger partial charge in [-0.05, 0) is 39.0 Å². The van der Waals surface area contributed by atoms with Gasteiger partial charge < -0.3 is 9.47 Å². The van der Waals surface area contributed by atoms with Crippen LogP contribution in [0.25, 0.3) is 22.6 Å². The fraction of sp³-hybridized carbons (Fsp3) is 0.381. The van der Waals surface area contributed by atoms with E-state index in [0.29, 0.717) is 34.3 Å². The first-order valence-electron chi connectivity index (χ1n) is 9.93. The molecule has 0 radical (unpaired) electrons. The molecule has 3 heterocycles. The van der Waals surface area contributed by atoms with Crippen LogP contribution in [-0.4, -0.2) is 43.4 Å². The zero-order valence-electron chi connectivity index (χ0n) is 18.1. The zero-order chi connectivity index (χ0) is 22.4. The number of benzene rings is 1. The van der Waals surface area contributed by atoms with Gasteiger partial charge in [-0.15, -0.1) is 0 Å². The fourth-order valence-corrected chi connectivity index (χ4v) is 4.10. The summed E-state index contributed by atoms with van der Waals surface area (Å²) < 4.78 is 16.9. The van der Waals surface area contributed by atoms with Crippen molar-refractivity contribution >= 4 is 28.5 Å².